The third kappa shape index (κ3) is 2.60. The van der Waals surface area contributed by atoms with E-state index >= 15 is 0 Å². The zero-order valence-corrected chi connectivity index (χ0v) is 11.3. The number of hydrogen-bond donors (Lipinski definition) is 0. The van der Waals surface area contributed by atoms with Crippen molar-refractivity contribution in [3.05, 3.63) is 52.0 Å². The minimum Gasteiger partial charge on any atom is -0.469 e. The Bertz CT molecular complexity index is 515. The van der Waals surface area contributed by atoms with Gasteiger partial charge in [0.05, 0.1) is 13.0 Å². The molecule has 0 amide bonds. The second-order valence-electron chi connectivity index (χ2n) is 3.98. The summed E-state index contributed by atoms with van der Waals surface area (Å²) in [5.74, 6) is -0.629. The first kappa shape index (κ1) is 13.2. The fraction of sp³-hybridized carbons (Fsp3) is 0.214. The van der Waals surface area contributed by atoms with Crippen LogP contribution in [0.3, 0.4) is 0 Å². The van der Waals surface area contributed by atoms with E-state index in [1.807, 2.05) is 24.3 Å². The van der Waals surface area contributed by atoms with E-state index in [0.717, 1.165) is 11.1 Å². The van der Waals surface area contributed by atoms with E-state index in [2.05, 4.69) is 0 Å². The van der Waals surface area contributed by atoms with Gasteiger partial charge in [-0.15, -0.1) is 0 Å². The van der Waals surface area contributed by atoms with Crippen molar-refractivity contribution in [1.82, 2.24) is 0 Å². The molecule has 1 aromatic carbocycles. The molecule has 0 heterocycles. The SMILES string of the molecule is COC(=O)C1CC=CC(Cl)=C1c1ccc(Cl)cc1. The Hall–Kier alpha value is -1.25. The molecule has 1 atom stereocenters. The molecule has 2 nitrogen and oxygen atoms in total. The molecule has 0 saturated carbocycles. The average Bonchev–Trinajstić information content (AvgIpc) is 2.39. The lowest BCUT2D eigenvalue weighted by Gasteiger charge is -2.21. The summed E-state index contributed by atoms with van der Waals surface area (Å²) in [7, 11) is 1.38. The minimum absolute atomic E-state index is 0.276. The normalized spacial score (nSPS) is 18.9. The molecule has 0 saturated heterocycles. The summed E-state index contributed by atoms with van der Waals surface area (Å²) in [6, 6.07) is 7.27. The molecule has 0 aromatic heterocycles. The molecule has 18 heavy (non-hydrogen) atoms. The monoisotopic (exact) mass is 282 g/mol. The maximum atomic E-state index is 11.8. The van der Waals surface area contributed by atoms with Gasteiger partial charge in [-0.25, -0.2) is 0 Å². The van der Waals surface area contributed by atoms with E-state index < -0.39 is 0 Å². The molecule has 0 spiro atoms. The minimum atomic E-state index is -0.353. The first-order valence-corrected chi connectivity index (χ1v) is 6.29. The summed E-state index contributed by atoms with van der Waals surface area (Å²) in [4.78, 5) is 11.8. The number of ether oxygens (including phenoxy) is 1. The van der Waals surface area contributed by atoms with Gasteiger partial charge in [0.2, 0.25) is 0 Å². The van der Waals surface area contributed by atoms with Crippen molar-refractivity contribution in [3.63, 3.8) is 0 Å². The van der Waals surface area contributed by atoms with E-state index in [-0.39, 0.29) is 11.9 Å². The number of methoxy groups -OCH3 is 1. The molecule has 1 aliphatic carbocycles. The maximum Gasteiger partial charge on any atom is 0.313 e. The van der Waals surface area contributed by atoms with Gasteiger partial charge in [0, 0.05) is 10.1 Å². The molecule has 1 aromatic rings. The predicted octanol–water partition coefficient (Wildman–Crippen LogP) is 4.04. The van der Waals surface area contributed by atoms with Crippen LogP contribution in [0.1, 0.15) is 12.0 Å². The van der Waals surface area contributed by atoms with Crippen LogP contribution in [-0.2, 0) is 9.53 Å². The summed E-state index contributed by atoms with van der Waals surface area (Å²) < 4.78 is 4.82. The Balaban J connectivity index is 2.45. The van der Waals surface area contributed by atoms with Crippen molar-refractivity contribution in [3.8, 4) is 0 Å². The number of esters is 1. The van der Waals surface area contributed by atoms with E-state index in [1.165, 1.54) is 7.11 Å². The molecule has 1 aliphatic rings. The Morgan fingerprint density at radius 3 is 2.56 bits per heavy atom. The van der Waals surface area contributed by atoms with E-state index in [9.17, 15) is 4.79 Å². The standard InChI is InChI=1S/C14H12Cl2O2/c1-18-14(17)11-3-2-4-12(16)13(11)9-5-7-10(15)8-6-9/h2,4-8,11H,3H2,1H3. The third-order valence-electron chi connectivity index (χ3n) is 2.88. The predicted molar refractivity (Wildman–Crippen MR) is 73.5 cm³/mol. The zero-order valence-electron chi connectivity index (χ0n) is 9.82. The topological polar surface area (TPSA) is 26.3 Å². The fourth-order valence-electron chi connectivity index (χ4n) is 2.01. The van der Waals surface area contributed by atoms with Gasteiger partial charge in [-0.05, 0) is 35.8 Å². The highest BCUT2D eigenvalue weighted by Gasteiger charge is 2.27. The quantitative estimate of drug-likeness (QED) is 0.766. The van der Waals surface area contributed by atoms with Crippen LogP contribution < -0.4 is 0 Å². The smallest absolute Gasteiger partial charge is 0.313 e. The number of allylic oxidation sites excluding steroid dienone is 3. The van der Waals surface area contributed by atoms with Gasteiger partial charge in [0.25, 0.3) is 0 Å². The van der Waals surface area contributed by atoms with Crippen LogP contribution in [0.25, 0.3) is 5.57 Å². The molecule has 94 valence electrons. The first-order chi connectivity index (χ1) is 8.63. The number of carbonyl (C=O) groups is 1. The Kier molecular flexibility index (Phi) is 4.10. The van der Waals surface area contributed by atoms with Gasteiger partial charge in [-0.3, -0.25) is 4.79 Å². The van der Waals surface area contributed by atoms with E-state index in [0.29, 0.717) is 16.5 Å². The summed E-state index contributed by atoms with van der Waals surface area (Å²) in [5.41, 5.74) is 1.69. The average molecular weight is 283 g/mol. The summed E-state index contributed by atoms with van der Waals surface area (Å²) in [6.45, 7) is 0. The lowest BCUT2D eigenvalue weighted by molar-refractivity contribution is -0.143. The van der Waals surface area contributed by atoms with Gasteiger partial charge in [-0.2, -0.15) is 0 Å². The molecule has 4 heteroatoms. The molecule has 1 unspecified atom stereocenters. The second-order valence-corrected chi connectivity index (χ2v) is 4.83. The van der Waals surface area contributed by atoms with Crippen LogP contribution in [0.15, 0.2) is 41.4 Å². The molecular formula is C14H12Cl2O2. The van der Waals surface area contributed by atoms with Crippen LogP contribution in [0.4, 0.5) is 0 Å². The summed E-state index contributed by atoms with van der Waals surface area (Å²) in [6.07, 6.45) is 4.29. The lowest BCUT2D eigenvalue weighted by atomic mass is 9.86. The zero-order chi connectivity index (χ0) is 13.1. The number of carbonyl (C=O) groups excluding carboxylic acids is 1. The van der Waals surface area contributed by atoms with Gasteiger partial charge in [0.15, 0.2) is 0 Å². The van der Waals surface area contributed by atoms with E-state index in [1.54, 1.807) is 12.1 Å². The van der Waals surface area contributed by atoms with E-state index in [4.69, 9.17) is 27.9 Å². The van der Waals surface area contributed by atoms with Crippen molar-refractivity contribution in [2.75, 3.05) is 7.11 Å². The molecule has 0 aliphatic heterocycles. The summed E-state index contributed by atoms with van der Waals surface area (Å²) >= 11 is 12.1. The molecule has 0 bridgehead atoms. The largest absolute Gasteiger partial charge is 0.469 e. The van der Waals surface area contributed by atoms with Crippen molar-refractivity contribution in [2.45, 2.75) is 6.42 Å². The third-order valence-corrected chi connectivity index (χ3v) is 3.46. The van der Waals surface area contributed by atoms with Crippen LogP contribution in [0.5, 0.6) is 0 Å². The van der Waals surface area contributed by atoms with Crippen molar-refractivity contribution in [2.24, 2.45) is 5.92 Å². The molecule has 0 radical (unpaired) electrons. The van der Waals surface area contributed by atoms with Crippen LogP contribution in [0.2, 0.25) is 5.02 Å². The second kappa shape index (κ2) is 5.59. The van der Waals surface area contributed by atoms with Crippen molar-refractivity contribution in [1.29, 1.82) is 0 Å². The number of hydrogen-bond acceptors (Lipinski definition) is 2. The highest BCUT2D eigenvalue weighted by atomic mass is 35.5. The Labute approximate surface area is 116 Å². The number of halogens is 2. The Morgan fingerprint density at radius 1 is 1.28 bits per heavy atom. The summed E-state index contributed by atoms with van der Waals surface area (Å²) in [5, 5.41) is 1.22. The lowest BCUT2D eigenvalue weighted by Crippen LogP contribution is -2.19. The highest BCUT2D eigenvalue weighted by molar-refractivity contribution is 6.35. The van der Waals surface area contributed by atoms with Crippen LogP contribution in [0, 0.1) is 5.92 Å². The molecule has 2 rings (SSSR count). The maximum absolute atomic E-state index is 11.8. The van der Waals surface area contributed by atoms with Crippen molar-refractivity contribution >= 4 is 34.7 Å². The number of benzene rings is 1. The van der Waals surface area contributed by atoms with Gasteiger partial charge >= 0.3 is 5.97 Å². The van der Waals surface area contributed by atoms with Crippen LogP contribution in [-0.4, -0.2) is 13.1 Å². The Morgan fingerprint density at radius 2 is 1.94 bits per heavy atom. The first-order valence-electron chi connectivity index (χ1n) is 5.53. The number of rotatable bonds is 2. The van der Waals surface area contributed by atoms with Gasteiger partial charge < -0.3 is 4.74 Å². The van der Waals surface area contributed by atoms with Gasteiger partial charge in [-0.1, -0.05) is 41.4 Å². The highest BCUT2D eigenvalue weighted by Crippen LogP contribution is 2.36. The van der Waals surface area contributed by atoms with Crippen molar-refractivity contribution < 1.29 is 9.53 Å². The molecular weight excluding hydrogens is 271 g/mol. The molecule has 0 fully saturated rings. The fourth-order valence-corrected chi connectivity index (χ4v) is 2.46. The van der Waals surface area contributed by atoms with Gasteiger partial charge in [0.1, 0.15) is 0 Å². The van der Waals surface area contributed by atoms with Crippen LogP contribution >= 0.6 is 23.2 Å². The molecule has 0 N–H and O–H groups in total.